The van der Waals surface area contributed by atoms with Gasteiger partial charge in [0, 0.05) is 0 Å². The zero-order chi connectivity index (χ0) is 27.0. The van der Waals surface area contributed by atoms with E-state index in [1.54, 1.807) is 12.1 Å². The molecule has 0 unspecified atom stereocenters. The van der Waals surface area contributed by atoms with E-state index >= 15 is 0 Å². The third-order valence-corrected chi connectivity index (χ3v) is 6.29. The predicted molar refractivity (Wildman–Crippen MR) is 149 cm³/mol. The van der Waals surface area contributed by atoms with E-state index in [0.717, 1.165) is 22.3 Å². The van der Waals surface area contributed by atoms with E-state index in [-0.39, 0.29) is 5.97 Å². The maximum atomic E-state index is 13.7. The first-order chi connectivity index (χ1) is 18.3. The second-order valence-electron chi connectivity index (χ2n) is 10.2. The minimum atomic E-state index is -0.894. The lowest BCUT2D eigenvalue weighted by Gasteiger charge is -2.40. The highest BCUT2D eigenvalue weighted by molar-refractivity contribution is 5.77. The van der Waals surface area contributed by atoms with Crippen LogP contribution >= 0.6 is 0 Å². The number of hydrogen-bond acceptors (Lipinski definition) is 4. The van der Waals surface area contributed by atoms with Crippen LogP contribution in [0.1, 0.15) is 43.0 Å². The smallest absolute Gasteiger partial charge is 0.324 e. The van der Waals surface area contributed by atoms with Gasteiger partial charge in [0.15, 0.2) is 0 Å². The van der Waals surface area contributed by atoms with Crippen molar-refractivity contribution >= 4 is 5.97 Å². The van der Waals surface area contributed by atoms with Crippen LogP contribution in [0.25, 0.3) is 0 Å². The number of halogens is 1. The molecule has 4 nitrogen and oxygen atoms in total. The van der Waals surface area contributed by atoms with Crippen LogP contribution in [0.3, 0.4) is 0 Å². The first-order valence-electron chi connectivity index (χ1n) is 12.8. The van der Waals surface area contributed by atoms with Crippen LogP contribution in [0.4, 0.5) is 4.39 Å². The molecule has 0 spiro atoms. The molecule has 5 heteroatoms. The minimum Gasteiger partial charge on any atom is -0.463 e. The van der Waals surface area contributed by atoms with Crippen molar-refractivity contribution < 1.29 is 18.7 Å². The summed E-state index contributed by atoms with van der Waals surface area (Å²) in [7, 11) is 0. The first-order valence-corrected chi connectivity index (χ1v) is 12.8. The molecule has 1 N–H and O–H groups in total. The number of hydrogen-bond donors (Lipinski definition) is 1. The molecule has 4 aromatic carbocycles. The number of esters is 1. The van der Waals surface area contributed by atoms with Gasteiger partial charge in [-0.1, -0.05) is 103 Å². The summed E-state index contributed by atoms with van der Waals surface area (Å²) in [6.45, 7) is 4.70. The standard InChI is InChI=1S/C33H34FNO3/c1-32(2,3)38-31(36)30(23-25-19-21-29(22-20-25)37-24-34)35-33(26-13-7-4-8-14-26,27-15-9-5-10-16-27)28-17-11-6-12-18-28/h4-22,30,35H,23-24H2,1-3H3/t30-/m1/s1. The number of alkyl halides is 1. The molecule has 0 heterocycles. The Labute approximate surface area is 224 Å². The van der Waals surface area contributed by atoms with Gasteiger partial charge in [0.2, 0.25) is 6.86 Å². The second-order valence-corrected chi connectivity index (χ2v) is 10.2. The largest absolute Gasteiger partial charge is 0.463 e. The topological polar surface area (TPSA) is 47.6 Å². The molecule has 0 fully saturated rings. The molecule has 196 valence electrons. The number of nitrogens with one attached hydrogen (secondary N) is 1. The van der Waals surface area contributed by atoms with E-state index < -0.39 is 24.0 Å². The predicted octanol–water partition coefficient (Wildman–Crippen LogP) is 6.83. The summed E-state index contributed by atoms with van der Waals surface area (Å²) >= 11 is 0. The molecule has 0 bridgehead atoms. The number of carbonyl (C=O) groups excluding carboxylic acids is 1. The highest BCUT2D eigenvalue weighted by Crippen LogP contribution is 2.37. The van der Waals surface area contributed by atoms with Gasteiger partial charge < -0.3 is 9.47 Å². The summed E-state index contributed by atoms with van der Waals surface area (Å²) in [4.78, 5) is 13.7. The summed E-state index contributed by atoms with van der Waals surface area (Å²) in [6, 6.07) is 36.8. The van der Waals surface area contributed by atoms with Gasteiger partial charge >= 0.3 is 5.97 Å². The van der Waals surface area contributed by atoms with Gasteiger partial charge in [-0.2, -0.15) is 0 Å². The Morgan fingerprint density at radius 3 is 1.58 bits per heavy atom. The highest BCUT2D eigenvalue weighted by Gasteiger charge is 2.40. The Morgan fingerprint density at radius 1 is 0.737 bits per heavy atom. The molecule has 0 saturated carbocycles. The molecule has 4 aromatic rings. The normalized spacial score (nSPS) is 12.5. The van der Waals surface area contributed by atoms with Crippen LogP contribution in [0.2, 0.25) is 0 Å². The summed E-state index contributed by atoms with van der Waals surface area (Å²) in [5, 5.41) is 3.76. The van der Waals surface area contributed by atoms with Gasteiger partial charge in [-0.25, -0.2) is 4.39 Å². The van der Waals surface area contributed by atoms with E-state index in [1.807, 2.05) is 87.5 Å². The number of benzene rings is 4. The van der Waals surface area contributed by atoms with Crippen molar-refractivity contribution in [1.29, 1.82) is 0 Å². The lowest BCUT2D eigenvalue weighted by Crippen LogP contribution is -2.54. The van der Waals surface area contributed by atoms with E-state index in [9.17, 15) is 9.18 Å². The monoisotopic (exact) mass is 511 g/mol. The third-order valence-electron chi connectivity index (χ3n) is 6.29. The highest BCUT2D eigenvalue weighted by atomic mass is 19.1. The lowest BCUT2D eigenvalue weighted by molar-refractivity contribution is -0.157. The summed E-state index contributed by atoms with van der Waals surface area (Å²) in [6.07, 6.45) is 0.360. The Hall–Kier alpha value is -3.96. The fourth-order valence-electron chi connectivity index (χ4n) is 4.66. The van der Waals surface area contributed by atoms with Gasteiger partial charge in [-0.05, 0) is 61.6 Å². The van der Waals surface area contributed by atoms with Gasteiger partial charge in [-0.15, -0.1) is 0 Å². The van der Waals surface area contributed by atoms with Crippen molar-refractivity contribution in [2.75, 3.05) is 6.86 Å². The molecule has 0 radical (unpaired) electrons. The Balaban J connectivity index is 1.85. The molecule has 0 aliphatic rings. The van der Waals surface area contributed by atoms with Gasteiger partial charge in [0.1, 0.15) is 17.4 Å². The molecule has 0 saturated heterocycles. The zero-order valence-corrected chi connectivity index (χ0v) is 22.1. The molecule has 0 aromatic heterocycles. The van der Waals surface area contributed by atoms with Crippen LogP contribution in [-0.2, 0) is 21.5 Å². The summed E-state index contributed by atoms with van der Waals surface area (Å²) in [5.74, 6) is 0.0824. The molecule has 1 atom stereocenters. The Bertz CT molecular complexity index is 1190. The zero-order valence-electron chi connectivity index (χ0n) is 22.1. The minimum absolute atomic E-state index is 0.353. The molecule has 0 aliphatic carbocycles. The maximum Gasteiger partial charge on any atom is 0.324 e. The second kappa shape index (κ2) is 12.1. The van der Waals surface area contributed by atoms with E-state index in [1.165, 1.54) is 0 Å². The van der Waals surface area contributed by atoms with E-state index in [0.29, 0.717) is 12.2 Å². The fraction of sp³-hybridized carbons (Fsp3) is 0.242. The number of ether oxygens (including phenoxy) is 2. The molecule has 38 heavy (non-hydrogen) atoms. The van der Waals surface area contributed by atoms with Crippen LogP contribution in [0.5, 0.6) is 5.75 Å². The summed E-state index contributed by atoms with van der Waals surface area (Å²) in [5.41, 5.74) is 2.38. The van der Waals surface area contributed by atoms with Crippen molar-refractivity contribution in [2.45, 2.75) is 44.4 Å². The molecular weight excluding hydrogens is 477 g/mol. The molecule has 0 amide bonds. The quantitative estimate of drug-likeness (QED) is 0.187. The first kappa shape index (κ1) is 27.1. The van der Waals surface area contributed by atoms with Crippen molar-refractivity contribution in [3.8, 4) is 5.75 Å². The number of carbonyl (C=O) groups is 1. The van der Waals surface area contributed by atoms with Crippen LogP contribution in [0, 0.1) is 0 Å². The number of rotatable bonds is 10. The molecule has 4 rings (SSSR count). The Kier molecular flexibility index (Phi) is 8.59. The Morgan fingerprint density at radius 2 is 1.18 bits per heavy atom. The van der Waals surface area contributed by atoms with Crippen molar-refractivity contribution in [3.05, 3.63) is 138 Å². The van der Waals surface area contributed by atoms with Crippen molar-refractivity contribution in [2.24, 2.45) is 0 Å². The van der Waals surface area contributed by atoms with Gasteiger partial charge in [0.25, 0.3) is 0 Å². The maximum absolute atomic E-state index is 13.7. The lowest BCUT2D eigenvalue weighted by atomic mass is 9.76. The van der Waals surface area contributed by atoms with Crippen LogP contribution in [-0.4, -0.2) is 24.5 Å². The molecular formula is C33H34FNO3. The van der Waals surface area contributed by atoms with Crippen LogP contribution < -0.4 is 10.1 Å². The SMILES string of the molecule is CC(C)(C)OC(=O)[C@@H](Cc1ccc(OCF)cc1)NC(c1ccccc1)(c1ccccc1)c1ccccc1. The fourth-order valence-corrected chi connectivity index (χ4v) is 4.66. The molecule has 0 aliphatic heterocycles. The van der Waals surface area contributed by atoms with Crippen LogP contribution in [0.15, 0.2) is 115 Å². The average Bonchev–Trinajstić information content (AvgIpc) is 2.93. The van der Waals surface area contributed by atoms with Gasteiger partial charge in [0.05, 0.1) is 5.54 Å². The third kappa shape index (κ3) is 6.48. The van der Waals surface area contributed by atoms with E-state index in [2.05, 4.69) is 41.7 Å². The van der Waals surface area contributed by atoms with Crippen molar-refractivity contribution in [3.63, 3.8) is 0 Å². The van der Waals surface area contributed by atoms with E-state index in [4.69, 9.17) is 9.47 Å². The van der Waals surface area contributed by atoms with Crippen molar-refractivity contribution in [1.82, 2.24) is 5.32 Å². The summed E-state index contributed by atoms with van der Waals surface area (Å²) < 4.78 is 23.5. The average molecular weight is 512 g/mol. The van der Waals surface area contributed by atoms with Gasteiger partial charge in [-0.3, -0.25) is 10.1 Å².